The molecule has 0 radical (unpaired) electrons. The Hall–Kier alpha value is -1.96. The van der Waals surface area contributed by atoms with Gasteiger partial charge < -0.3 is 10.2 Å². The number of ketones is 2. The lowest BCUT2D eigenvalue weighted by Gasteiger charge is -2.45. The van der Waals surface area contributed by atoms with Crippen LogP contribution in [0.15, 0.2) is 24.3 Å². The van der Waals surface area contributed by atoms with E-state index in [0.29, 0.717) is 12.3 Å². The third-order valence-corrected chi connectivity index (χ3v) is 9.87. The van der Waals surface area contributed by atoms with Gasteiger partial charge in [0.05, 0.1) is 0 Å². The predicted octanol–water partition coefficient (Wildman–Crippen LogP) is 5.04. The van der Waals surface area contributed by atoms with Crippen molar-refractivity contribution in [2.45, 2.75) is 67.5 Å². The molecule has 6 bridgehead atoms. The van der Waals surface area contributed by atoms with Crippen molar-refractivity contribution in [2.75, 3.05) is 0 Å². The van der Waals surface area contributed by atoms with Crippen molar-refractivity contribution in [3.8, 4) is 0 Å². The Kier molecular flexibility index (Phi) is 6.08. The third-order valence-electron chi connectivity index (χ3n) is 9.87. The predicted molar refractivity (Wildman–Crippen MR) is 111 cm³/mol. The second kappa shape index (κ2) is 8.29. The van der Waals surface area contributed by atoms with Crippen LogP contribution in [0, 0.1) is 47.3 Å². The molecule has 10 atom stereocenters. The SMILES string of the molecule is O=C(C(F)(F)F)C(F)(F)C1(O)CC2C=CC1C2.O=C(C(F)(F)F)C(F)(F)C1(O)CC2CC1C1C3C=CC(C3)C21. The van der Waals surface area contributed by atoms with Gasteiger partial charge in [-0.05, 0) is 73.5 Å². The molecule has 0 heterocycles. The lowest BCUT2D eigenvalue weighted by atomic mass is 9.65. The molecule has 39 heavy (non-hydrogen) atoms. The fourth-order valence-corrected chi connectivity index (χ4v) is 8.36. The van der Waals surface area contributed by atoms with E-state index in [9.17, 15) is 63.7 Å². The van der Waals surface area contributed by atoms with E-state index in [-0.39, 0.29) is 36.0 Å². The highest BCUT2D eigenvalue weighted by Crippen LogP contribution is 2.70. The topological polar surface area (TPSA) is 74.6 Å². The average Bonchev–Trinajstić information content (AvgIpc) is 3.64. The second-order valence-corrected chi connectivity index (χ2v) is 11.8. The minimum Gasteiger partial charge on any atom is -0.383 e. The van der Waals surface area contributed by atoms with Gasteiger partial charge in [0.15, 0.2) is 0 Å². The van der Waals surface area contributed by atoms with Crippen molar-refractivity contribution in [3.63, 3.8) is 0 Å². The van der Waals surface area contributed by atoms with E-state index in [1.807, 2.05) is 6.08 Å². The zero-order valence-electron chi connectivity index (χ0n) is 20.0. The van der Waals surface area contributed by atoms with Gasteiger partial charge in [-0.25, -0.2) is 0 Å². The van der Waals surface area contributed by atoms with Crippen LogP contribution in [0.25, 0.3) is 0 Å². The molecule has 4 saturated carbocycles. The minimum absolute atomic E-state index is 0.0496. The summed E-state index contributed by atoms with van der Waals surface area (Å²) in [6.45, 7) is 0. The lowest BCUT2D eigenvalue weighted by molar-refractivity contribution is -0.243. The van der Waals surface area contributed by atoms with Gasteiger partial charge in [0.2, 0.25) is 0 Å². The van der Waals surface area contributed by atoms with Gasteiger partial charge in [-0.2, -0.15) is 43.9 Å². The summed E-state index contributed by atoms with van der Waals surface area (Å²) in [5.74, 6) is -18.2. The number of halogens is 10. The Balaban J connectivity index is 0.000000164. The quantitative estimate of drug-likeness (QED) is 0.279. The minimum atomic E-state index is -5.65. The number of carbonyl (C=O) groups is 2. The first-order chi connectivity index (χ1) is 17.7. The van der Waals surface area contributed by atoms with E-state index in [0.717, 1.165) is 6.42 Å². The summed E-state index contributed by atoms with van der Waals surface area (Å²) in [4.78, 5) is 21.9. The molecule has 4 fully saturated rings. The normalized spacial score (nSPS) is 43.6. The van der Waals surface area contributed by atoms with E-state index in [1.54, 1.807) is 6.08 Å². The van der Waals surface area contributed by atoms with Gasteiger partial charge in [0.1, 0.15) is 11.2 Å². The second-order valence-electron chi connectivity index (χ2n) is 11.8. The van der Waals surface area contributed by atoms with Gasteiger partial charge in [-0.1, -0.05) is 24.3 Å². The van der Waals surface area contributed by atoms with Gasteiger partial charge in [0.25, 0.3) is 0 Å². The van der Waals surface area contributed by atoms with Crippen molar-refractivity contribution in [3.05, 3.63) is 24.3 Å². The van der Waals surface area contributed by atoms with Crippen LogP contribution in [0.5, 0.6) is 0 Å². The van der Waals surface area contributed by atoms with Crippen LogP contribution in [-0.2, 0) is 9.59 Å². The first-order valence-electron chi connectivity index (χ1n) is 12.5. The number of rotatable bonds is 4. The van der Waals surface area contributed by atoms with Crippen molar-refractivity contribution in [2.24, 2.45) is 47.3 Å². The summed E-state index contributed by atoms with van der Waals surface area (Å²) >= 11 is 0. The monoisotopic (exact) mass is 578 g/mol. The van der Waals surface area contributed by atoms with Crippen molar-refractivity contribution < 1.29 is 63.7 Å². The number of hydrogen-bond donors (Lipinski definition) is 2. The molecule has 0 amide bonds. The van der Waals surface area contributed by atoms with E-state index >= 15 is 0 Å². The molecule has 0 aliphatic heterocycles. The average molecular weight is 578 g/mol. The van der Waals surface area contributed by atoms with Gasteiger partial charge in [-0.15, -0.1) is 0 Å². The molecule has 0 spiro atoms. The van der Waals surface area contributed by atoms with Crippen LogP contribution in [0.2, 0.25) is 0 Å². The summed E-state index contributed by atoms with van der Waals surface area (Å²) in [5.41, 5.74) is -5.76. The van der Waals surface area contributed by atoms with Crippen LogP contribution >= 0.6 is 0 Å². The number of carbonyl (C=O) groups excluding carboxylic acids is 2. The number of hydrogen-bond acceptors (Lipinski definition) is 4. The maximum absolute atomic E-state index is 14.2. The molecule has 10 unspecified atom stereocenters. The van der Waals surface area contributed by atoms with Gasteiger partial charge in [0, 0.05) is 5.92 Å². The molecule has 2 N–H and O–H groups in total. The summed E-state index contributed by atoms with van der Waals surface area (Å²) in [6.07, 6.45) is -4.11. The molecule has 0 aromatic heterocycles. The van der Waals surface area contributed by atoms with Gasteiger partial charge >= 0.3 is 35.8 Å². The van der Waals surface area contributed by atoms with E-state index in [4.69, 9.17) is 0 Å². The van der Waals surface area contributed by atoms with E-state index in [1.165, 1.54) is 6.08 Å². The summed E-state index contributed by atoms with van der Waals surface area (Å²) < 4.78 is 129. The molecule has 4 nitrogen and oxygen atoms in total. The molecular weight excluding hydrogens is 554 g/mol. The van der Waals surface area contributed by atoms with Crippen molar-refractivity contribution >= 4 is 11.6 Å². The standard InChI is InChI=1S/C15H15F5O2.C10H9F5O2/c16-14(17,12(21)15(18,19)20)13(22)5-8-4-9(13)11-7-2-1-6(3-7)10(8)11;11-9(12,7(16)10(13,14)15)8(17)4-5-1-2-6(8)3-5/h1-2,6-11,22H,3-5H2;1-2,5-6,17H,3-4H2. The number of Topliss-reactive ketones (excluding diaryl/α,β-unsaturated/α-hetero) is 2. The summed E-state index contributed by atoms with van der Waals surface area (Å²) in [5, 5.41) is 20.1. The molecule has 0 aromatic rings. The summed E-state index contributed by atoms with van der Waals surface area (Å²) in [7, 11) is 0. The molecule has 6 rings (SSSR count). The lowest BCUT2D eigenvalue weighted by Crippen LogP contribution is -2.62. The Bertz CT molecular complexity index is 1130. The molecule has 6 aliphatic carbocycles. The number of fused-ring (bicyclic) bond motifs is 11. The zero-order chi connectivity index (χ0) is 29.1. The Labute approximate surface area is 215 Å². The van der Waals surface area contributed by atoms with E-state index < -0.39 is 71.6 Å². The van der Waals surface area contributed by atoms with Crippen LogP contribution in [0.4, 0.5) is 43.9 Å². The highest BCUT2D eigenvalue weighted by molar-refractivity contribution is 5.92. The van der Waals surface area contributed by atoms with Crippen LogP contribution in [0.1, 0.15) is 32.1 Å². The number of aliphatic hydroxyl groups is 2. The molecule has 218 valence electrons. The largest absolute Gasteiger partial charge is 0.456 e. The van der Waals surface area contributed by atoms with Crippen LogP contribution < -0.4 is 0 Å². The first-order valence-corrected chi connectivity index (χ1v) is 12.5. The Morgan fingerprint density at radius 1 is 0.641 bits per heavy atom. The van der Waals surface area contributed by atoms with Crippen molar-refractivity contribution in [1.82, 2.24) is 0 Å². The molecule has 0 saturated heterocycles. The Morgan fingerprint density at radius 2 is 1.15 bits per heavy atom. The van der Waals surface area contributed by atoms with Crippen LogP contribution in [-0.4, -0.2) is 57.2 Å². The third kappa shape index (κ3) is 3.86. The molecule has 0 aromatic carbocycles. The zero-order valence-corrected chi connectivity index (χ0v) is 20.0. The van der Waals surface area contributed by atoms with Gasteiger partial charge in [-0.3, -0.25) is 9.59 Å². The maximum atomic E-state index is 14.2. The summed E-state index contributed by atoms with van der Waals surface area (Å²) in [6, 6.07) is 0. The number of alkyl halides is 10. The molecular formula is C25H24F10O4. The number of allylic oxidation sites excluding steroid dienone is 3. The maximum Gasteiger partial charge on any atom is 0.456 e. The van der Waals surface area contributed by atoms with E-state index in [2.05, 4.69) is 6.08 Å². The highest BCUT2D eigenvalue weighted by atomic mass is 19.4. The fourth-order valence-electron chi connectivity index (χ4n) is 8.36. The smallest absolute Gasteiger partial charge is 0.383 e. The highest BCUT2D eigenvalue weighted by Gasteiger charge is 2.76. The Morgan fingerprint density at radius 3 is 1.62 bits per heavy atom. The van der Waals surface area contributed by atoms with Crippen molar-refractivity contribution in [1.29, 1.82) is 0 Å². The first kappa shape index (κ1) is 28.6. The molecule has 14 heteroatoms. The molecule has 6 aliphatic rings. The fraction of sp³-hybridized carbons (Fsp3) is 0.760. The van der Waals surface area contributed by atoms with Crippen LogP contribution in [0.3, 0.4) is 0 Å².